The fraction of sp³-hybridized carbons (Fsp3) is 0.167. The monoisotopic (exact) mass is 280 g/mol. The van der Waals surface area contributed by atoms with Gasteiger partial charge < -0.3 is 5.32 Å². The molecular weight excluding hydrogens is 263 g/mol. The standard InChI is InChI=1S/C18H17FN2/c1-12-7-8-14(11-16(12)19)13(2)21-18-9-10-20-17-6-4-3-5-15(17)18/h3-11,13H,1-2H3,(H,20,21). The molecule has 1 heterocycles. The Labute approximate surface area is 123 Å². The number of halogens is 1. The molecule has 3 heteroatoms. The maximum atomic E-state index is 13.7. The smallest absolute Gasteiger partial charge is 0.126 e. The normalized spacial score (nSPS) is 12.3. The van der Waals surface area contributed by atoms with Crippen molar-refractivity contribution in [3.05, 3.63) is 71.7 Å². The lowest BCUT2D eigenvalue weighted by Gasteiger charge is -2.17. The van der Waals surface area contributed by atoms with E-state index in [2.05, 4.69) is 10.3 Å². The second kappa shape index (κ2) is 5.52. The Bertz CT molecular complexity index is 778. The fourth-order valence-electron chi connectivity index (χ4n) is 2.42. The second-order valence-corrected chi connectivity index (χ2v) is 5.25. The highest BCUT2D eigenvalue weighted by Crippen LogP contribution is 2.26. The highest BCUT2D eigenvalue weighted by molar-refractivity contribution is 5.91. The van der Waals surface area contributed by atoms with Crippen molar-refractivity contribution in [1.29, 1.82) is 0 Å². The van der Waals surface area contributed by atoms with Crippen LogP contribution in [0.5, 0.6) is 0 Å². The highest BCUT2D eigenvalue weighted by atomic mass is 19.1. The fourth-order valence-corrected chi connectivity index (χ4v) is 2.42. The van der Waals surface area contributed by atoms with Gasteiger partial charge in [0, 0.05) is 23.3 Å². The Morgan fingerprint density at radius 3 is 2.71 bits per heavy atom. The molecule has 0 spiro atoms. The van der Waals surface area contributed by atoms with Gasteiger partial charge >= 0.3 is 0 Å². The summed E-state index contributed by atoms with van der Waals surface area (Å²) in [5.41, 5.74) is 3.55. The molecule has 1 aromatic heterocycles. The molecule has 0 aliphatic heterocycles. The molecule has 1 unspecified atom stereocenters. The van der Waals surface area contributed by atoms with Crippen molar-refractivity contribution in [3.8, 4) is 0 Å². The number of hydrogen-bond acceptors (Lipinski definition) is 2. The van der Waals surface area contributed by atoms with Crippen LogP contribution in [0, 0.1) is 12.7 Å². The summed E-state index contributed by atoms with van der Waals surface area (Å²) < 4.78 is 13.7. The van der Waals surface area contributed by atoms with Crippen LogP contribution in [0.15, 0.2) is 54.7 Å². The molecule has 3 aromatic rings. The van der Waals surface area contributed by atoms with Crippen LogP contribution in [0.3, 0.4) is 0 Å². The zero-order chi connectivity index (χ0) is 14.8. The Morgan fingerprint density at radius 1 is 1.10 bits per heavy atom. The first kappa shape index (κ1) is 13.6. The van der Waals surface area contributed by atoms with Gasteiger partial charge in [0.15, 0.2) is 0 Å². The van der Waals surface area contributed by atoms with Crippen LogP contribution in [0.25, 0.3) is 10.9 Å². The number of rotatable bonds is 3. The first-order valence-corrected chi connectivity index (χ1v) is 7.01. The van der Waals surface area contributed by atoms with E-state index in [0.717, 1.165) is 22.2 Å². The van der Waals surface area contributed by atoms with Crippen molar-refractivity contribution >= 4 is 16.6 Å². The van der Waals surface area contributed by atoms with Crippen molar-refractivity contribution in [2.24, 2.45) is 0 Å². The topological polar surface area (TPSA) is 24.9 Å². The molecule has 0 radical (unpaired) electrons. The van der Waals surface area contributed by atoms with Crippen LogP contribution in [0.4, 0.5) is 10.1 Å². The molecule has 0 saturated carbocycles. The number of anilines is 1. The minimum absolute atomic E-state index is 0.0194. The number of hydrogen-bond donors (Lipinski definition) is 1. The first-order chi connectivity index (χ1) is 10.1. The number of nitrogens with zero attached hydrogens (tertiary/aromatic N) is 1. The molecule has 1 atom stereocenters. The average Bonchev–Trinajstić information content (AvgIpc) is 2.50. The van der Waals surface area contributed by atoms with Gasteiger partial charge in [-0.05, 0) is 43.2 Å². The van der Waals surface area contributed by atoms with E-state index < -0.39 is 0 Å². The minimum Gasteiger partial charge on any atom is -0.378 e. The number of aryl methyl sites for hydroxylation is 1. The Hall–Kier alpha value is -2.42. The summed E-state index contributed by atoms with van der Waals surface area (Å²) in [6, 6.07) is 15.3. The van der Waals surface area contributed by atoms with Crippen LogP contribution >= 0.6 is 0 Å². The predicted octanol–water partition coefficient (Wildman–Crippen LogP) is 4.86. The number of benzene rings is 2. The van der Waals surface area contributed by atoms with Gasteiger partial charge in [-0.25, -0.2) is 4.39 Å². The Kier molecular flexibility index (Phi) is 3.57. The van der Waals surface area contributed by atoms with Crippen LogP contribution in [0.1, 0.15) is 24.1 Å². The van der Waals surface area contributed by atoms with E-state index in [1.165, 1.54) is 0 Å². The molecule has 0 fully saturated rings. The minimum atomic E-state index is -0.166. The summed E-state index contributed by atoms with van der Waals surface area (Å²) in [6.07, 6.45) is 1.78. The molecule has 0 saturated heterocycles. The summed E-state index contributed by atoms with van der Waals surface area (Å²) in [5.74, 6) is -0.166. The molecule has 0 aliphatic rings. The van der Waals surface area contributed by atoms with Crippen LogP contribution < -0.4 is 5.32 Å². The van der Waals surface area contributed by atoms with Gasteiger partial charge in [-0.2, -0.15) is 0 Å². The predicted molar refractivity (Wildman–Crippen MR) is 84.9 cm³/mol. The Balaban J connectivity index is 1.92. The van der Waals surface area contributed by atoms with Gasteiger partial charge in [0.05, 0.1) is 5.52 Å². The molecule has 2 nitrogen and oxygen atoms in total. The van der Waals surface area contributed by atoms with Crippen molar-refractivity contribution in [3.63, 3.8) is 0 Å². The zero-order valence-corrected chi connectivity index (χ0v) is 12.1. The second-order valence-electron chi connectivity index (χ2n) is 5.25. The third-order valence-electron chi connectivity index (χ3n) is 3.72. The maximum Gasteiger partial charge on any atom is 0.126 e. The molecule has 3 rings (SSSR count). The van der Waals surface area contributed by atoms with Crippen LogP contribution in [-0.2, 0) is 0 Å². The van der Waals surface area contributed by atoms with E-state index in [1.807, 2.05) is 49.4 Å². The summed E-state index contributed by atoms with van der Waals surface area (Å²) in [6.45, 7) is 3.80. The van der Waals surface area contributed by atoms with E-state index >= 15 is 0 Å². The van der Waals surface area contributed by atoms with E-state index in [-0.39, 0.29) is 11.9 Å². The average molecular weight is 280 g/mol. The van der Waals surface area contributed by atoms with Crippen LogP contribution in [-0.4, -0.2) is 4.98 Å². The lowest BCUT2D eigenvalue weighted by atomic mass is 10.1. The van der Waals surface area contributed by atoms with E-state index in [4.69, 9.17) is 0 Å². The number of aromatic nitrogens is 1. The van der Waals surface area contributed by atoms with Crippen LogP contribution in [0.2, 0.25) is 0 Å². The van der Waals surface area contributed by atoms with Gasteiger partial charge in [-0.15, -0.1) is 0 Å². The molecule has 2 aromatic carbocycles. The highest BCUT2D eigenvalue weighted by Gasteiger charge is 2.09. The number of para-hydroxylation sites is 1. The lowest BCUT2D eigenvalue weighted by Crippen LogP contribution is -2.07. The number of fused-ring (bicyclic) bond motifs is 1. The van der Waals surface area contributed by atoms with Gasteiger partial charge in [0.2, 0.25) is 0 Å². The third kappa shape index (κ3) is 2.72. The quantitative estimate of drug-likeness (QED) is 0.741. The van der Waals surface area contributed by atoms with Crippen molar-refractivity contribution in [2.75, 3.05) is 5.32 Å². The zero-order valence-electron chi connectivity index (χ0n) is 12.1. The van der Waals surface area contributed by atoms with Gasteiger partial charge in [0.1, 0.15) is 5.82 Å². The van der Waals surface area contributed by atoms with Gasteiger partial charge in [-0.1, -0.05) is 30.3 Å². The van der Waals surface area contributed by atoms with Gasteiger partial charge in [-0.3, -0.25) is 4.98 Å². The number of pyridine rings is 1. The lowest BCUT2D eigenvalue weighted by molar-refractivity contribution is 0.614. The summed E-state index contributed by atoms with van der Waals surface area (Å²) in [4.78, 5) is 4.35. The maximum absolute atomic E-state index is 13.7. The van der Waals surface area contributed by atoms with E-state index in [0.29, 0.717) is 5.56 Å². The van der Waals surface area contributed by atoms with E-state index in [9.17, 15) is 4.39 Å². The van der Waals surface area contributed by atoms with Gasteiger partial charge in [0.25, 0.3) is 0 Å². The van der Waals surface area contributed by atoms with E-state index in [1.54, 1.807) is 19.2 Å². The summed E-state index contributed by atoms with van der Waals surface area (Å²) >= 11 is 0. The largest absolute Gasteiger partial charge is 0.378 e. The first-order valence-electron chi connectivity index (χ1n) is 7.01. The molecule has 106 valence electrons. The van der Waals surface area contributed by atoms with Crippen molar-refractivity contribution in [1.82, 2.24) is 4.98 Å². The Morgan fingerprint density at radius 2 is 1.90 bits per heavy atom. The molecule has 21 heavy (non-hydrogen) atoms. The SMILES string of the molecule is Cc1ccc(C(C)Nc2ccnc3ccccc23)cc1F. The molecule has 0 bridgehead atoms. The molecule has 0 amide bonds. The third-order valence-corrected chi connectivity index (χ3v) is 3.72. The number of nitrogens with one attached hydrogen (secondary N) is 1. The summed E-state index contributed by atoms with van der Waals surface area (Å²) in [7, 11) is 0. The van der Waals surface area contributed by atoms with Crippen molar-refractivity contribution in [2.45, 2.75) is 19.9 Å². The molecular formula is C18H17FN2. The van der Waals surface area contributed by atoms with Crippen molar-refractivity contribution < 1.29 is 4.39 Å². The summed E-state index contributed by atoms with van der Waals surface area (Å²) in [5, 5.41) is 4.51. The molecule has 1 N–H and O–H groups in total. The molecule has 0 aliphatic carbocycles.